The number of para-hydroxylation sites is 1. The van der Waals surface area contributed by atoms with Gasteiger partial charge in [-0.05, 0) is 42.5 Å². The zero-order valence-corrected chi connectivity index (χ0v) is 20.4. The molecule has 35 heavy (non-hydrogen) atoms. The molecule has 0 unspecified atom stereocenters. The van der Waals surface area contributed by atoms with Crippen LogP contribution in [0.5, 0.6) is 5.75 Å². The van der Waals surface area contributed by atoms with E-state index in [1.54, 1.807) is 7.11 Å². The molecule has 0 fully saturated rings. The Morgan fingerprint density at radius 3 is 2.69 bits per heavy atom. The summed E-state index contributed by atoms with van der Waals surface area (Å²) in [5.74, 6) is 0.411. The molecule has 3 N–H and O–H groups in total. The number of fused-ring (bicyclic) bond motifs is 1. The van der Waals surface area contributed by atoms with E-state index in [0.717, 1.165) is 51.0 Å². The van der Waals surface area contributed by atoms with Crippen molar-refractivity contribution in [1.29, 1.82) is 0 Å². The van der Waals surface area contributed by atoms with E-state index >= 15 is 0 Å². The molecule has 0 spiro atoms. The number of amides is 1. The van der Waals surface area contributed by atoms with Gasteiger partial charge in [-0.15, -0.1) is 11.3 Å². The number of carbonyl (C=O) groups excluding carboxylic acids is 1. The van der Waals surface area contributed by atoms with Crippen LogP contribution in [0.3, 0.4) is 0 Å². The highest BCUT2D eigenvalue weighted by Crippen LogP contribution is 2.33. The van der Waals surface area contributed by atoms with Gasteiger partial charge in [-0.1, -0.05) is 54.6 Å². The second-order valence-corrected chi connectivity index (χ2v) is 9.15. The van der Waals surface area contributed by atoms with Crippen LogP contribution in [0, 0.1) is 6.92 Å². The van der Waals surface area contributed by atoms with Gasteiger partial charge >= 0.3 is 0 Å². The van der Waals surface area contributed by atoms with E-state index in [1.165, 1.54) is 16.7 Å². The summed E-state index contributed by atoms with van der Waals surface area (Å²) < 4.78 is 7.62. The summed E-state index contributed by atoms with van der Waals surface area (Å²) in [7, 11) is 1.68. The van der Waals surface area contributed by atoms with Crippen LogP contribution in [-0.4, -0.2) is 22.6 Å². The third-order valence-electron chi connectivity index (χ3n) is 6.23. The van der Waals surface area contributed by atoms with Gasteiger partial charge in [-0.3, -0.25) is 4.79 Å². The standard InChI is InChI=1S/C28H26N4O2S/c1-18-22(27(29)33)16-25(32(18)15-14-20-9-4-6-13-26(20)34-2)24-17-35-28(31-24)30-23-12-7-10-19-8-3-5-11-21(19)23/h3-13,16-17H,14-15H2,1-2H3,(H2,29,33)(H,30,31). The number of nitrogens with zero attached hydrogens (tertiary/aromatic N) is 2. The number of carbonyl (C=O) groups is 1. The second kappa shape index (κ2) is 9.64. The topological polar surface area (TPSA) is 82.2 Å². The first-order valence-corrected chi connectivity index (χ1v) is 12.3. The molecule has 0 bridgehead atoms. The molecule has 1 amide bonds. The molecule has 176 valence electrons. The van der Waals surface area contributed by atoms with Crippen molar-refractivity contribution in [1.82, 2.24) is 9.55 Å². The molecule has 7 heteroatoms. The summed E-state index contributed by atoms with van der Waals surface area (Å²) in [6, 6.07) is 24.2. The number of anilines is 2. The Morgan fingerprint density at radius 2 is 1.86 bits per heavy atom. The summed E-state index contributed by atoms with van der Waals surface area (Å²) in [4.78, 5) is 17.0. The van der Waals surface area contributed by atoms with E-state index in [1.807, 2.05) is 54.8 Å². The van der Waals surface area contributed by atoms with E-state index in [0.29, 0.717) is 12.1 Å². The smallest absolute Gasteiger partial charge is 0.250 e. The van der Waals surface area contributed by atoms with Crippen molar-refractivity contribution in [2.24, 2.45) is 5.73 Å². The molecule has 5 rings (SSSR count). The van der Waals surface area contributed by atoms with Crippen LogP contribution in [0.2, 0.25) is 0 Å². The Bertz CT molecular complexity index is 1510. The number of aromatic nitrogens is 2. The number of primary amides is 1. The molecule has 0 radical (unpaired) electrons. The molecule has 0 saturated heterocycles. The summed E-state index contributed by atoms with van der Waals surface area (Å²) >= 11 is 1.53. The lowest BCUT2D eigenvalue weighted by molar-refractivity contribution is 0.0999. The molecule has 3 aromatic carbocycles. The Hall–Kier alpha value is -4.10. The lowest BCUT2D eigenvalue weighted by atomic mass is 10.1. The van der Waals surface area contributed by atoms with Crippen LogP contribution in [-0.2, 0) is 13.0 Å². The summed E-state index contributed by atoms with van der Waals surface area (Å²) in [6.07, 6.45) is 0.746. The number of benzene rings is 3. The third-order valence-corrected chi connectivity index (χ3v) is 6.98. The number of nitrogens with two attached hydrogens (primary N) is 1. The number of nitrogens with one attached hydrogen (secondary N) is 1. The number of rotatable bonds is 8. The molecule has 5 aromatic rings. The van der Waals surface area contributed by atoms with Crippen LogP contribution in [0.25, 0.3) is 22.2 Å². The minimum Gasteiger partial charge on any atom is -0.496 e. The van der Waals surface area contributed by atoms with Crippen molar-refractivity contribution in [3.8, 4) is 17.1 Å². The highest BCUT2D eigenvalue weighted by atomic mass is 32.1. The van der Waals surface area contributed by atoms with Crippen molar-refractivity contribution in [2.75, 3.05) is 12.4 Å². The SMILES string of the molecule is COc1ccccc1CCn1c(-c2csc(Nc3cccc4ccccc34)n2)cc(C(N)=O)c1C. The van der Waals surface area contributed by atoms with Gasteiger partial charge in [0.05, 0.1) is 24.1 Å². The molecule has 2 aromatic heterocycles. The molecule has 0 aliphatic rings. The van der Waals surface area contributed by atoms with Gasteiger partial charge in [0.2, 0.25) is 0 Å². The number of aryl methyl sites for hydroxylation is 1. The Balaban J connectivity index is 1.47. The van der Waals surface area contributed by atoms with Crippen molar-refractivity contribution >= 4 is 38.8 Å². The van der Waals surface area contributed by atoms with Crippen LogP contribution in [0.15, 0.2) is 78.2 Å². The zero-order valence-electron chi connectivity index (χ0n) is 19.6. The van der Waals surface area contributed by atoms with E-state index in [-0.39, 0.29) is 0 Å². The van der Waals surface area contributed by atoms with Crippen molar-refractivity contribution in [3.63, 3.8) is 0 Å². The third kappa shape index (κ3) is 4.50. The predicted molar refractivity (Wildman–Crippen MR) is 143 cm³/mol. The van der Waals surface area contributed by atoms with Gasteiger partial charge in [0.1, 0.15) is 5.75 Å². The highest BCUT2D eigenvalue weighted by molar-refractivity contribution is 7.14. The summed E-state index contributed by atoms with van der Waals surface area (Å²) in [5, 5.41) is 8.56. The van der Waals surface area contributed by atoms with Crippen molar-refractivity contribution in [2.45, 2.75) is 19.9 Å². The van der Waals surface area contributed by atoms with Crippen molar-refractivity contribution < 1.29 is 9.53 Å². The van der Waals surface area contributed by atoms with E-state index in [9.17, 15) is 4.79 Å². The van der Waals surface area contributed by atoms with Gasteiger partial charge in [0.15, 0.2) is 5.13 Å². The van der Waals surface area contributed by atoms with E-state index in [4.69, 9.17) is 15.5 Å². The van der Waals surface area contributed by atoms with Gasteiger partial charge < -0.3 is 20.4 Å². The first-order chi connectivity index (χ1) is 17.0. The zero-order chi connectivity index (χ0) is 24.4. The van der Waals surface area contributed by atoms with E-state index in [2.05, 4.69) is 40.2 Å². The van der Waals surface area contributed by atoms with Gasteiger partial charge in [-0.25, -0.2) is 4.98 Å². The Morgan fingerprint density at radius 1 is 1.09 bits per heavy atom. The van der Waals surface area contributed by atoms with E-state index < -0.39 is 5.91 Å². The fourth-order valence-electron chi connectivity index (χ4n) is 4.44. The monoisotopic (exact) mass is 482 g/mol. The van der Waals surface area contributed by atoms with Crippen molar-refractivity contribution in [3.05, 3.63) is 95.0 Å². The van der Waals surface area contributed by atoms with Gasteiger partial charge in [0.25, 0.3) is 5.91 Å². The molecular formula is C28H26N4O2S. The highest BCUT2D eigenvalue weighted by Gasteiger charge is 2.19. The number of hydrogen-bond donors (Lipinski definition) is 2. The maximum Gasteiger partial charge on any atom is 0.250 e. The molecular weight excluding hydrogens is 456 g/mol. The summed E-state index contributed by atoms with van der Waals surface area (Å²) in [6.45, 7) is 2.59. The average Bonchev–Trinajstić information content (AvgIpc) is 3.47. The largest absolute Gasteiger partial charge is 0.496 e. The number of ether oxygens (including phenoxy) is 1. The van der Waals surface area contributed by atoms with Crippen LogP contribution in [0.4, 0.5) is 10.8 Å². The molecule has 0 aliphatic heterocycles. The Kier molecular flexibility index (Phi) is 6.25. The molecule has 6 nitrogen and oxygen atoms in total. The predicted octanol–water partition coefficient (Wildman–Crippen LogP) is 6.17. The lowest BCUT2D eigenvalue weighted by Crippen LogP contribution is -2.13. The van der Waals surface area contributed by atoms with Crippen LogP contribution < -0.4 is 15.8 Å². The normalized spacial score (nSPS) is 11.0. The molecule has 2 heterocycles. The maximum absolute atomic E-state index is 12.1. The second-order valence-electron chi connectivity index (χ2n) is 8.30. The lowest BCUT2D eigenvalue weighted by Gasteiger charge is -2.13. The molecule has 0 saturated carbocycles. The minimum atomic E-state index is -0.441. The van der Waals surface area contributed by atoms with Gasteiger partial charge in [0, 0.05) is 28.7 Å². The average molecular weight is 483 g/mol. The fraction of sp³-hybridized carbons (Fsp3) is 0.143. The van der Waals surface area contributed by atoms with Crippen LogP contribution >= 0.6 is 11.3 Å². The van der Waals surface area contributed by atoms with Gasteiger partial charge in [-0.2, -0.15) is 0 Å². The van der Waals surface area contributed by atoms with Crippen LogP contribution in [0.1, 0.15) is 21.6 Å². The number of methoxy groups -OCH3 is 1. The maximum atomic E-state index is 12.1. The molecule has 0 atom stereocenters. The fourth-order valence-corrected chi connectivity index (χ4v) is 5.15. The minimum absolute atomic E-state index is 0.441. The summed E-state index contributed by atoms with van der Waals surface area (Å²) in [5.41, 5.74) is 10.8. The number of thiazole rings is 1. The first kappa shape index (κ1) is 22.7. The quantitative estimate of drug-likeness (QED) is 0.277. The first-order valence-electron chi connectivity index (χ1n) is 11.4. The number of hydrogen-bond acceptors (Lipinski definition) is 5. The molecule has 0 aliphatic carbocycles. The Labute approximate surface area is 208 Å².